The number of benzene rings is 1. The molecule has 0 unspecified atom stereocenters. The number of nitrogens with one attached hydrogen (secondary N) is 2. The molecule has 1 aliphatic rings. The molecular formula is C21H31ClN4OS. The Balaban J connectivity index is 0.00000280. The maximum absolute atomic E-state index is 12.5. The molecule has 5 nitrogen and oxygen atoms in total. The van der Waals surface area contributed by atoms with Gasteiger partial charge in [0.1, 0.15) is 0 Å². The summed E-state index contributed by atoms with van der Waals surface area (Å²) in [4.78, 5) is 20.6. The van der Waals surface area contributed by atoms with E-state index in [9.17, 15) is 4.79 Å². The van der Waals surface area contributed by atoms with Gasteiger partial charge in [-0.1, -0.05) is 19.1 Å². The van der Waals surface area contributed by atoms with Gasteiger partial charge >= 0.3 is 0 Å². The molecule has 0 radical (unpaired) electrons. The molecule has 0 aliphatic carbocycles. The number of aromatic nitrogens is 1. The Morgan fingerprint density at radius 2 is 1.96 bits per heavy atom. The van der Waals surface area contributed by atoms with Crippen LogP contribution in [-0.4, -0.2) is 41.5 Å². The van der Waals surface area contributed by atoms with Gasteiger partial charge < -0.3 is 5.32 Å². The molecule has 7 heteroatoms. The molecule has 1 saturated heterocycles. The summed E-state index contributed by atoms with van der Waals surface area (Å²) >= 11 is 1.60. The van der Waals surface area contributed by atoms with Crippen molar-refractivity contribution in [3.8, 4) is 0 Å². The number of halogens is 1. The third-order valence-electron chi connectivity index (χ3n) is 5.22. The third-order valence-corrected chi connectivity index (χ3v) is 6.30. The van der Waals surface area contributed by atoms with E-state index in [0.717, 1.165) is 39.0 Å². The number of hydrogen-bond donors (Lipinski definition) is 2. The molecule has 2 aromatic rings. The van der Waals surface area contributed by atoms with Crippen LogP contribution in [0.1, 0.15) is 60.3 Å². The summed E-state index contributed by atoms with van der Waals surface area (Å²) in [6.07, 6.45) is 4.20. The molecule has 1 aromatic carbocycles. The molecule has 0 saturated carbocycles. The zero-order valence-corrected chi connectivity index (χ0v) is 18.5. The van der Waals surface area contributed by atoms with E-state index in [0.29, 0.717) is 22.7 Å². The topological polar surface area (TPSA) is 57.3 Å². The largest absolute Gasteiger partial charge is 0.317 e. The van der Waals surface area contributed by atoms with E-state index in [1.807, 2.05) is 30.5 Å². The van der Waals surface area contributed by atoms with Crippen molar-refractivity contribution in [3.05, 3.63) is 46.5 Å². The predicted molar refractivity (Wildman–Crippen MR) is 120 cm³/mol. The maximum Gasteiger partial charge on any atom is 0.257 e. The first-order valence-electron chi connectivity index (χ1n) is 9.87. The van der Waals surface area contributed by atoms with E-state index in [1.54, 1.807) is 11.3 Å². The lowest BCUT2D eigenvalue weighted by Gasteiger charge is -2.24. The van der Waals surface area contributed by atoms with Crippen molar-refractivity contribution in [2.24, 2.45) is 0 Å². The summed E-state index contributed by atoms with van der Waals surface area (Å²) in [6.45, 7) is 10.6. The molecule has 2 N–H and O–H groups in total. The van der Waals surface area contributed by atoms with Crippen molar-refractivity contribution in [1.29, 1.82) is 0 Å². The van der Waals surface area contributed by atoms with Crippen LogP contribution in [0.3, 0.4) is 0 Å². The number of hydrogen-bond acceptors (Lipinski definition) is 5. The number of carbonyl (C=O) groups excluding carboxylic acids is 1. The van der Waals surface area contributed by atoms with Crippen LogP contribution in [-0.2, 0) is 6.54 Å². The number of rotatable bonds is 7. The average Bonchev–Trinajstić information content (AvgIpc) is 3.15. The quantitative estimate of drug-likeness (QED) is 0.689. The highest BCUT2D eigenvalue weighted by molar-refractivity contribution is 7.15. The fourth-order valence-corrected chi connectivity index (χ4v) is 4.44. The van der Waals surface area contributed by atoms with Crippen molar-refractivity contribution in [3.63, 3.8) is 0 Å². The first kappa shape index (κ1) is 22.8. The fourth-order valence-electron chi connectivity index (χ4n) is 3.46. The first-order valence-corrected chi connectivity index (χ1v) is 10.7. The van der Waals surface area contributed by atoms with Crippen LogP contribution < -0.4 is 10.6 Å². The lowest BCUT2D eigenvalue weighted by atomic mass is 9.97. The minimum atomic E-state index is -0.0935. The van der Waals surface area contributed by atoms with Gasteiger partial charge in [0.05, 0.1) is 0 Å². The highest BCUT2D eigenvalue weighted by atomic mass is 35.5. The van der Waals surface area contributed by atoms with Crippen LogP contribution in [0, 0.1) is 0 Å². The minimum absolute atomic E-state index is 0. The van der Waals surface area contributed by atoms with Crippen LogP contribution in [0.4, 0.5) is 5.13 Å². The second-order valence-electron chi connectivity index (χ2n) is 7.40. The Morgan fingerprint density at radius 1 is 1.29 bits per heavy atom. The fraction of sp³-hybridized carbons (Fsp3) is 0.524. The molecular weight excluding hydrogens is 392 g/mol. The van der Waals surface area contributed by atoms with Crippen LogP contribution in [0.2, 0.25) is 0 Å². The molecule has 154 valence electrons. The Hall–Kier alpha value is -1.47. The molecule has 0 spiro atoms. The zero-order chi connectivity index (χ0) is 19.2. The molecule has 1 fully saturated rings. The number of thiazole rings is 1. The summed E-state index contributed by atoms with van der Waals surface area (Å²) in [5.74, 6) is 0.472. The molecule has 0 atom stereocenters. The predicted octanol–water partition coefficient (Wildman–Crippen LogP) is 4.51. The van der Waals surface area contributed by atoms with Crippen LogP contribution in [0.15, 0.2) is 30.5 Å². The number of piperidine rings is 1. The van der Waals surface area contributed by atoms with Crippen LogP contribution >= 0.6 is 23.7 Å². The van der Waals surface area contributed by atoms with Gasteiger partial charge in [-0.25, -0.2) is 4.98 Å². The van der Waals surface area contributed by atoms with Gasteiger partial charge in [0.2, 0.25) is 0 Å². The molecule has 3 rings (SSSR count). The maximum atomic E-state index is 12.5. The lowest BCUT2D eigenvalue weighted by Crippen LogP contribution is -2.29. The monoisotopic (exact) mass is 422 g/mol. The summed E-state index contributed by atoms with van der Waals surface area (Å²) in [7, 11) is 0. The standard InChI is InChI=1S/C21H30N4OS.ClH/c1-4-25(15(2)3)14-16-5-7-18(8-6-16)20(26)24-21-23-13-19(27-21)17-9-11-22-12-10-17;/h5-8,13,15,17,22H,4,9-12,14H2,1-3H3,(H,23,24,26);1H. The van der Waals surface area contributed by atoms with E-state index < -0.39 is 0 Å². The molecule has 2 heterocycles. The van der Waals surface area contributed by atoms with Gasteiger partial charge in [-0.15, -0.1) is 23.7 Å². The van der Waals surface area contributed by atoms with Crippen molar-refractivity contribution in [1.82, 2.24) is 15.2 Å². The Kier molecular flexibility index (Phi) is 8.89. The van der Waals surface area contributed by atoms with Crippen molar-refractivity contribution in [2.45, 2.75) is 52.1 Å². The highest BCUT2D eigenvalue weighted by Crippen LogP contribution is 2.31. The van der Waals surface area contributed by atoms with E-state index in [2.05, 4.69) is 41.3 Å². The Labute approximate surface area is 178 Å². The first-order chi connectivity index (χ1) is 13.1. The Bertz CT molecular complexity index is 741. The van der Waals surface area contributed by atoms with E-state index in [1.165, 1.54) is 10.4 Å². The van der Waals surface area contributed by atoms with Gasteiger partial charge in [-0.2, -0.15) is 0 Å². The average molecular weight is 423 g/mol. The summed E-state index contributed by atoms with van der Waals surface area (Å²) in [5.41, 5.74) is 1.90. The number of amides is 1. The zero-order valence-electron chi connectivity index (χ0n) is 16.9. The number of anilines is 1. The molecule has 28 heavy (non-hydrogen) atoms. The Morgan fingerprint density at radius 3 is 2.57 bits per heavy atom. The summed E-state index contributed by atoms with van der Waals surface area (Å²) in [6, 6.07) is 8.40. The number of nitrogens with zero attached hydrogens (tertiary/aromatic N) is 2. The molecule has 0 bridgehead atoms. The van der Waals surface area contributed by atoms with Gasteiger partial charge in [-0.05, 0) is 69.9 Å². The normalized spacial score (nSPS) is 14.9. The highest BCUT2D eigenvalue weighted by Gasteiger charge is 2.18. The smallest absolute Gasteiger partial charge is 0.257 e. The molecule has 1 amide bonds. The van der Waals surface area contributed by atoms with Gasteiger partial charge in [-0.3, -0.25) is 15.0 Å². The summed E-state index contributed by atoms with van der Waals surface area (Å²) < 4.78 is 0. The minimum Gasteiger partial charge on any atom is -0.317 e. The van der Waals surface area contributed by atoms with Gasteiger partial charge in [0.25, 0.3) is 5.91 Å². The lowest BCUT2D eigenvalue weighted by molar-refractivity contribution is 0.102. The van der Waals surface area contributed by atoms with E-state index >= 15 is 0 Å². The summed E-state index contributed by atoms with van der Waals surface area (Å²) in [5, 5.41) is 7.02. The number of carbonyl (C=O) groups is 1. The van der Waals surface area contributed by atoms with Crippen LogP contribution in [0.25, 0.3) is 0 Å². The SMILES string of the molecule is CCN(Cc1ccc(C(=O)Nc2ncc(C3CCNCC3)s2)cc1)C(C)C.Cl. The van der Waals surface area contributed by atoms with Crippen LogP contribution in [0.5, 0.6) is 0 Å². The third kappa shape index (κ3) is 6.01. The second kappa shape index (κ2) is 10.9. The van der Waals surface area contributed by atoms with Crippen molar-refractivity contribution >= 4 is 34.8 Å². The molecule has 1 aliphatic heterocycles. The second-order valence-corrected chi connectivity index (χ2v) is 8.46. The van der Waals surface area contributed by atoms with Crippen molar-refractivity contribution in [2.75, 3.05) is 25.0 Å². The van der Waals surface area contributed by atoms with E-state index in [4.69, 9.17) is 0 Å². The molecule has 1 aromatic heterocycles. The van der Waals surface area contributed by atoms with Gasteiger partial charge in [0.15, 0.2) is 5.13 Å². The van der Waals surface area contributed by atoms with Crippen molar-refractivity contribution < 1.29 is 4.79 Å². The van der Waals surface area contributed by atoms with E-state index in [-0.39, 0.29) is 18.3 Å². The van der Waals surface area contributed by atoms with Gasteiger partial charge in [0, 0.05) is 29.2 Å².